The van der Waals surface area contributed by atoms with Crippen LogP contribution in [-0.2, 0) is 0 Å². The molecule has 5 heteroatoms. The minimum absolute atomic E-state index is 0.0476. The third kappa shape index (κ3) is 3.78. The van der Waals surface area contributed by atoms with Gasteiger partial charge in [-0.15, -0.1) is 0 Å². The van der Waals surface area contributed by atoms with Crippen LogP contribution in [-0.4, -0.2) is 54.0 Å². The van der Waals surface area contributed by atoms with Crippen LogP contribution in [0.1, 0.15) is 35.3 Å². The molecule has 5 nitrogen and oxygen atoms in total. The van der Waals surface area contributed by atoms with E-state index in [0.717, 1.165) is 16.7 Å². The monoisotopic (exact) mass is 303 g/mol. The molecule has 120 valence electrons. The van der Waals surface area contributed by atoms with Gasteiger partial charge in [0.15, 0.2) is 0 Å². The van der Waals surface area contributed by atoms with Crippen LogP contribution in [0, 0.1) is 13.8 Å². The van der Waals surface area contributed by atoms with Gasteiger partial charge < -0.3 is 15.1 Å². The molecule has 1 aromatic carbocycles. The fourth-order valence-electron chi connectivity index (χ4n) is 2.67. The Balaban J connectivity index is 1.96. The molecule has 2 rings (SSSR count). The molecule has 1 fully saturated rings. The normalized spacial score (nSPS) is 15.1. The van der Waals surface area contributed by atoms with Gasteiger partial charge in [0.2, 0.25) is 0 Å². The van der Waals surface area contributed by atoms with Crippen molar-refractivity contribution < 1.29 is 9.59 Å². The lowest BCUT2D eigenvalue weighted by Gasteiger charge is -2.35. The van der Waals surface area contributed by atoms with E-state index < -0.39 is 0 Å². The number of piperazine rings is 1. The van der Waals surface area contributed by atoms with E-state index in [0.29, 0.717) is 26.2 Å². The molecule has 0 spiro atoms. The second-order valence-corrected chi connectivity index (χ2v) is 6.20. The predicted octanol–water partition coefficient (Wildman–Crippen LogP) is 2.18. The molecule has 1 N–H and O–H groups in total. The second-order valence-electron chi connectivity index (χ2n) is 6.20. The number of hydrogen-bond acceptors (Lipinski definition) is 2. The lowest BCUT2D eigenvalue weighted by atomic mass is 10.0. The van der Waals surface area contributed by atoms with Crippen molar-refractivity contribution in [3.63, 3.8) is 0 Å². The van der Waals surface area contributed by atoms with E-state index in [9.17, 15) is 9.59 Å². The van der Waals surface area contributed by atoms with Gasteiger partial charge in [-0.1, -0.05) is 17.7 Å². The topological polar surface area (TPSA) is 52.7 Å². The fraction of sp³-hybridized carbons (Fsp3) is 0.529. The van der Waals surface area contributed by atoms with Crippen molar-refractivity contribution >= 4 is 11.9 Å². The zero-order valence-electron chi connectivity index (χ0n) is 13.8. The number of nitrogens with one attached hydrogen (secondary N) is 1. The summed E-state index contributed by atoms with van der Waals surface area (Å²) in [5.74, 6) is 0.0569. The first-order valence-electron chi connectivity index (χ1n) is 7.80. The average Bonchev–Trinajstić information content (AvgIpc) is 2.46. The van der Waals surface area contributed by atoms with E-state index in [-0.39, 0.29) is 18.0 Å². The van der Waals surface area contributed by atoms with Gasteiger partial charge in [-0.05, 0) is 39.3 Å². The van der Waals surface area contributed by atoms with E-state index in [1.165, 1.54) is 0 Å². The summed E-state index contributed by atoms with van der Waals surface area (Å²) in [5, 5.41) is 2.89. The van der Waals surface area contributed by atoms with Gasteiger partial charge in [-0.2, -0.15) is 0 Å². The van der Waals surface area contributed by atoms with Crippen LogP contribution in [0.25, 0.3) is 0 Å². The largest absolute Gasteiger partial charge is 0.336 e. The third-order valence-corrected chi connectivity index (χ3v) is 3.88. The Labute approximate surface area is 132 Å². The fourth-order valence-corrected chi connectivity index (χ4v) is 2.67. The second kappa shape index (κ2) is 6.81. The van der Waals surface area contributed by atoms with Gasteiger partial charge in [0.25, 0.3) is 5.91 Å². The summed E-state index contributed by atoms with van der Waals surface area (Å²) in [6.07, 6.45) is 0. The Kier molecular flexibility index (Phi) is 5.06. The lowest BCUT2D eigenvalue weighted by molar-refractivity contribution is 0.0663. The van der Waals surface area contributed by atoms with Crippen LogP contribution in [0.5, 0.6) is 0 Å². The number of aryl methyl sites for hydroxylation is 2. The van der Waals surface area contributed by atoms with Crippen LogP contribution in [0.4, 0.5) is 4.79 Å². The lowest BCUT2D eigenvalue weighted by Crippen LogP contribution is -2.54. The number of hydrogen-bond donors (Lipinski definition) is 1. The van der Waals surface area contributed by atoms with Crippen LogP contribution in [0.3, 0.4) is 0 Å². The molecule has 3 amide bonds. The Morgan fingerprint density at radius 2 is 1.64 bits per heavy atom. The van der Waals surface area contributed by atoms with Crippen molar-refractivity contribution in [3.05, 3.63) is 34.9 Å². The molecule has 1 heterocycles. The number of urea groups is 1. The summed E-state index contributed by atoms with van der Waals surface area (Å²) in [4.78, 5) is 28.2. The van der Waals surface area contributed by atoms with Gasteiger partial charge in [0.05, 0.1) is 0 Å². The minimum atomic E-state index is -0.0476. The van der Waals surface area contributed by atoms with E-state index >= 15 is 0 Å². The van der Waals surface area contributed by atoms with E-state index in [1.54, 1.807) is 4.90 Å². The number of carbonyl (C=O) groups excluding carboxylic acids is 2. The summed E-state index contributed by atoms with van der Waals surface area (Å²) in [7, 11) is 0. The molecule has 0 unspecified atom stereocenters. The maximum absolute atomic E-state index is 12.6. The number of carbonyl (C=O) groups is 2. The van der Waals surface area contributed by atoms with Gasteiger partial charge >= 0.3 is 6.03 Å². The Hall–Kier alpha value is -2.04. The summed E-state index contributed by atoms with van der Waals surface area (Å²) >= 11 is 0. The molecular weight excluding hydrogens is 278 g/mol. The summed E-state index contributed by atoms with van der Waals surface area (Å²) < 4.78 is 0. The van der Waals surface area contributed by atoms with Gasteiger partial charge in [-0.25, -0.2) is 4.79 Å². The van der Waals surface area contributed by atoms with Crippen molar-refractivity contribution in [2.75, 3.05) is 26.2 Å². The van der Waals surface area contributed by atoms with E-state index in [1.807, 2.05) is 50.8 Å². The first-order chi connectivity index (χ1) is 10.4. The molecule has 0 aromatic heterocycles. The zero-order valence-corrected chi connectivity index (χ0v) is 13.8. The quantitative estimate of drug-likeness (QED) is 0.910. The molecule has 0 aliphatic carbocycles. The van der Waals surface area contributed by atoms with Crippen molar-refractivity contribution in [1.82, 2.24) is 15.1 Å². The minimum Gasteiger partial charge on any atom is -0.336 e. The molecule has 0 atom stereocenters. The first-order valence-corrected chi connectivity index (χ1v) is 7.80. The van der Waals surface area contributed by atoms with Crippen molar-refractivity contribution in [2.45, 2.75) is 33.7 Å². The highest BCUT2D eigenvalue weighted by Crippen LogP contribution is 2.15. The predicted molar refractivity (Wildman–Crippen MR) is 87.1 cm³/mol. The molecule has 1 saturated heterocycles. The molecule has 0 radical (unpaired) electrons. The molecule has 22 heavy (non-hydrogen) atoms. The highest BCUT2D eigenvalue weighted by molar-refractivity contribution is 5.95. The molecule has 0 bridgehead atoms. The summed E-state index contributed by atoms with van der Waals surface area (Å²) in [6, 6.07) is 5.97. The molecule has 1 aliphatic rings. The average molecular weight is 303 g/mol. The molecule has 0 saturated carbocycles. The summed E-state index contributed by atoms with van der Waals surface area (Å²) in [5.41, 5.74) is 2.92. The third-order valence-electron chi connectivity index (χ3n) is 3.88. The maximum Gasteiger partial charge on any atom is 0.317 e. The summed E-state index contributed by atoms with van der Waals surface area (Å²) in [6.45, 7) is 10.2. The molecule has 1 aromatic rings. The maximum atomic E-state index is 12.6. The highest BCUT2D eigenvalue weighted by atomic mass is 16.2. The van der Waals surface area contributed by atoms with Crippen LogP contribution in [0.2, 0.25) is 0 Å². The standard InChI is InChI=1S/C17H25N3O2/c1-12(2)18-17(22)20-9-7-19(8-10-20)16(21)15-6-5-13(3)11-14(15)4/h5-6,11-12H,7-10H2,1-4H3,(H,18,22). The number of benzene rings is 1. The van der Waals surface area contributed by atoms with Gasteiger partial charge in [-0.3, -0.25) is 4.79 Å². The van der Waals surface area contributed by atoms with Crippen LogP contribution >= 0.6 is 0 Å². The van der Waals surface area contributed by atoms with Gasteiger partial charge in [0.1, 0.15) is 0 Å². The van der Waals surface area contributed by atoms with E-state index in [2.05, 4.69) is 5.32 Å². The van der Waals surface area contributed by atoms with E-state index in [4.69, 9.17) is 0 Å². The zero-order chi connectivity index (χ0) is 16.3. The molecular formula is C17H25N3O2. The number of amides is 3. The number of nitrogens with zero attached hydrogens (tertiary/aromatic N) is 2. The van der Waals surface area contributed by atoms with Crippen molar-refractivity contribution in [2.24, 2.45) is 0 Å². The number of rotatable bonds is 2. The van der Waals surface area contributed by atoms with Crippen molar-refractivity contribution in [1.29, 1.82) is 0 Å². The SMILES string of the molecule is Cc1ccc(C(=O)N2CCN(C(=O)NC(C)C)CC2)c(C)c1. The van der Waals surface area contributed by atoms with Crippen LogP contribution < -0.4 is 5.32 Å². The van der Waals surface area contributed by atoms with Crippen molar-refractivity contribution in [3.8, 4) is 0 Å². The Morgan fingerprint density at radius 3 is 2.18 bits per heavy atom. The Bertz CT molecular complexity index is 561. The molecule has 1 aliphatic heterocycles. The highest BCUT2D eigenvalue weighted by Gasteiger charge is 2.25. The van der Waals surface area contributed by atoms with Crippen LogP contribution in [0.15, 0.2) is 18.2 Å². The first kappa shape index (κ1) is 16.3. The smallest absolute Gasteiger partial charge is 0.317 e. The van der Waals surface area contributed by atoms with Gasteiger partial charge in [0, 0.05) is 37.8 Å². The Morgan fingerprint density at radius 1 is 1.05 bits per heavy atom.